The molecule has 0 bridgehead atoms. The first-order valence-electron chi connectivity index (χ1n) is 5.86. The molecule has 0 aliphatic carbocycles. The van der Waals surface area contributed by atoms with Gasteiger partial charge in [0.1, 0.15) is 11.3 Å². The molecule has 3 N–H and O–H groups in total. The summed E-state index contributed by atoms with van der Waals surface area (Å²) in [6.07, 6.45) is 0. The number of halogens is 1. The number of oxazole rings is 1. The molecule has 0 radical (unpaired) electrons. The van der Waals surface area contributed by atoms with Crippen LogP contribution in [0.15, 0.2) is 46.9 Å². The van der Waals surface area contributed by atoms with Crippen LogP contribution in [0.25, 0.3) is 11.1 Å². The Labute approximate surface area is 109 Å². The van der Waals surface area contributed by atoms with Crippen molar-refractivity contribution in [2.75, 3.05) is 11.1 Å². The molecule has 0 atom stereocenters. The minimum atomic E-state index is -0.263. The van der Waals surface area contributed by atoms with Gasteiger partial charge < -0.3 is 15.5 Å². The number of rotatable bonds is 3. The van der Waals surface area contributed by atoms with Gasteiger partial charge in [-0.05, 0) is 29.8 Å². The summed E-state index contributed by atoms with van der Waals surface area (Å²) in [4.78, 5) is 4.25. The van der Waals surface area contributed by atoms with E-state index < -0.39 is 0 Å². The predicted molar refractivity (Wildman–Crippen MR) is 72.1 cm³/mol. The average molecular weight is 257 g/mol. The number of hydrogen-bond acceptors (Lipinski definition) is 4. The Hall–Kier alpha value is -2.56. The smallest absolute Gasteiger partial charge is 0.296 e. The third-order valence-electron chi connectivity index (χ3n) is 2.78. The van der Waals surface area contributed by atoms with Crippen LogP contribution in [0.3, 0.4) is 0 Å². The molecule has 0 saturated heterocycles. The quantitative estimate of drug-likeness (QED) is 0.707. The van der Waals surface area contributed by atoms with Gasteiger partial charge in [0.2, 0.25) is 0 Å². The van der Waals surface area contributed by atoms with Gasteiger partial charge in [0.05, 0.1) is 5.69 Å². The summed E-state index contributed by atoms with van der Waals surface area (Å²) >= 11 is 0. The first kappa shape index (κ1) is 11.5. The van der Waals surface area contributed by atoms with Crippen molar-refractivity contribution >= 4 is 22.8 Å². The van der Waals surface area contributed by atoms with Crippen LogP contribution in [0.2, 0.25) is 0 Å². The van der Waals surface area contributed by atoms with E-state index >= 15 is 0 Å². The normalized spacial score (nSPS) is 10.8. The highest BCUT2D eigenvalue weighted by molar-refractivity contribution is 5.86. The lowest BCUT2D eigenvalue weighted by Gasteiger charge is -2.01. The zero-order valence-electron chi connectivity index (χ0n) is 10.1. The fourth-order valence-electron chi connectivity index (χ4n) is 1.87. The molecule has 3 rings (SSSR count). The van der Waals surface area contributed by atoms with E-state index in [0.717, 1.165) is 5.56 Å². The lowest BCUT2D eigenvalue weighted by Crippen LogP contribution is -1.99. The Bertz CT molecular complexity index is 724. The molecule has 1 heterocycles. The van der Waals surface area contributed by atoms with Crippen molar-refractivity contribution in [1.82, 2.24) is 4.98 Å². The van der Waals surface area contributed by atoms with Gasteiger partial charge in [-0.1, -0.05) is 18.2 Å². The number of nitrogen functional groups attached to an aromatic ring is 1. The van der Waals surface area contributed by atoms with Crippen LogP contribution < -0.4 is 11.1 Å². The van der Waals surface area contributed by atoms with E-state index in [1.54, 1.807) is 24.3 Å². The number of aromatic nitrogens is 1. The molecule has 0 spiro atoms. The number of fused-ring (bicyclic) bond motifs is 1. The topological polar surface area (TPSA) is 64.1 Å². The van der Waals surface area contributed by atoms with Crippen LogP contribution in [0.1, 0.15) is 5.56 Å². The zero-order chi connectivity index (χ0) is 13.2. The van der Waals surface area contributed by atoms with E-state index in [2.05, 4.69) is 10.3 Å². The highest BCUT2D eigenvalue weighted by Crippen LogP contribution is 2.23. The summed E-state index contributed by atoms with van der Waals surface area (Å²) in [5.41, 5.74) is 8.44. The lowest BCUT2D eigenvalue weighted by molar-refractivity contribution is 0.612. The van der Waals surface area contributed by atoms with Crippen LogP contribution in [0.5, 0.6) is 0 Å². The van der Waals surface area contributed by atoms with Crippen molar-refractivity contribution in [2.24, 2.45) is 0 Å². The molecule has 0 aliphatic rings. The third-order valence-corrected chi connectivity index (χ3v) is 2.78. The number of nitrogens with zero attached hydrogens (tertiary/aromatic N) is 1. The second kappa shape index (κ2) is 4.61. The van der Waals surface area contributed by atoms with E-state index in [9.17, 15) is 4.39 Å². The maximum absolute atomic E-state index is 13.0. The Morgan fingerprint density at radius 1 is 1.21 bits per heavy atom. The molecule has 0 amide bonds. The fourth-order valence-corrected chi connectivity index (χ4v) is 1.87. The van der Waals surface area contributed by atoms with E-state index in [1.807, 2.05) is 6.07 Å². The summed E-state index contributed by atoms with van der Waals surface area (Å²) in [5, 5.41) is 3.00. The Morgan fingerprint density at radius 2 is 2.05 bits per heavy atom. The van der Waals surface area contributed by atoms with Crippen LogP contribution in [-0.2, 0) is 6.54 Å². The molecule has 0 aliphatic heterocycles. The van der Waals surface area contributed by atoms with Crippen molar-refractivity contribution in [2.45, 2.75) is 6.54 Å². The van der Waals surface area contributed by atoms with Gasteiger partial charge in [-0.3, -0.25) is 0 Å². The molecule has 2 aromatic carbocycles. The molecule has 3 aromatic rings. The monoisotopic (exact) mass is 257 g/mol. The summed E-state index contributed by atoms with van der Waals surface area (Å²) in [7, 11) is 0. The zero-order valence-corrected chi connectivity index (χ0v) is 10.1. The van der Waals surface area contributed by atoms with Crippen molar-refractivity contribution in [1.29, 1.82) is 0 Å². The first-order chi connectivity index (χ1) is 9.22. The first-order valence-corrected chi connectivity index (χ1v) is 5.86. The van der Waals surface area contributed by atoms with Gasteiger partial charge in [0.15, 0.2) is 5.58 Å². The predicted octanol–water partition coefficient (Wildman–Crippen LogP) is 3.16. The Kier molecular flexibility index (Phi) is 2.79. The molecule has 5 heteroatoms. The molecule has 96 valence electrons. The highest BCUT2D eigenvalue weighted by Gasteiger charge is 2.07. The molecule has 0 unspecified atom stereocenters. The van der Waals surface area contributed by atoms with Gasteiger partial charge in [-0.25, -0.2) is 4.39 Å². The van der Waals surface area contributed by atoms with Crippen molar-refractivity contribution in [3.8, 4) is 0 Å². The minimum absolute atomic E-state index is 0.263. The van der Waals surface area contributed by atoms with Crippen LogP contribution >= 0.6 is 0 Å². The van der Waals surface area contributed by atoms with E-state index in [4.69, 9.17) is 10.2 Å². The molecular weight excluding hydrogens is 245 g/mol. The van der Waals surface area contributed by atoms with Gasteiger partial charge in [-0.2, -0.15) is 4.98 Å². The Morgan fingerprint density at radius 3 is 2.84 bits per heavy atom. The van der Waals surface area contributed by atoms with Crippen molar-refractivity contribution in [3.05, 3.63) is 53.8 Å². The SMILES string of the molecule is Nc1cccc2oc(NCc3cccc(F)c3)nc12. The molecule has 19 heavy (non-hydrogen) atoms. The van der Waals surface area contributed by atoms with E-state index in [-0.39, 0.29) is 5.82 Å². The third kappa shape index (κ3) is 2.35. The minimum Gasteiger partial charge on any atom is -0.423 e. The summed E-state index contributed by atoms with van der Waals surface area (Å²) in [6, 6.07) is 12.1. The number of hydrogen-bond donors (Lipinski definition) is 2. The van der Waals surface area contributed by atoms with Gasteiger partial charge in [0.25, 0.3) is 6.01 Å². The van der Waals surface area contributed by atoms with Crippen LogP contribution in [0, 0.1) is 5.82 Å². The molecular formula is C14H12FN3O. The highest BCUT2D eigenvalue weighted by atomic mass is 19.1. The number of benzene rings is 2. The number of anilines is 2. The molecule has 1 aromatic heterocycles. The second-order valence-corrected chi connectivity index (χ2v) is 4.20. The van der Waals surface area contributed by atoms with Gasteiger partial charge in [0, 0.05) is 6.54 Å². The van der Waals surface area contributed by atoms with E-state index in [0.29, 0.717) is 29.3 Å². The molecule has 4 nitrogen and oxygen atoms in total. The fraction of sp³-hybridized carbons (Fsp3) is 0.0714. The van der Waals surface area contributed by atoms with Gasteiger partial charge >= 0.3 is 0 Å². The number of para-hydroxylation sites is 1. The number of nitrogens with two attached hydrogens (primary N) is 1. The van der Waals surface area contributed by atoms with Crippen LogP contribution in [-0.4, -0.2) is 4.98 Å². The summed E-state index contributed by atoms with van der Waals surface area (Å²) in [6.45, 7) is 0.435. The van der Waals surface area contributed by atoms with E-state index in [1.165, 1.54) is 12.1 Å². The second-order valence-electron chi connectivity index (χ2n) is 4.20. The maximum atomic E-state index is 13.0. The van der Waals surface area contributed by atoms with Crippen molar-refractivity contribution < 1.29 is 8.81 Å². The summed E-state index contributed by atoms with van der Waals surface area (Å²) < 4.78 is 18.5. The maximum Gasteiger partial charge on any atom is 0.296 e. The standard InChI is InChI=1S/C14H12FN3O/c15-10-4-1-3-9(7-10)8-17-14-18-13-11(16)5-2-6-12(13)19-14/h1-7H,8,16H2,(H,17,18). The molecule has 0 saturated carbocycles. The Balaban J connectivity index is 1.80. The largest absolute Gasteiger partial charge is 0.423 e. The summed E-state index contributed by atoms with van der Waals surface area (Å²) in [5.74, 6) is -0.263. The number of nitrogens with one attached hydrogen (secondary N) is 1. The van der Waals surface area contributed by atoms with Gasteiger partial charge in [-0.15, -0.1) is 0 Å². The average Bonchev–Trinajstić information content (AvgIpc) is 2.81. The van der Waals surface area contributed by atoms with Crippen molar-refractivity contribution in [3.63, 3.8) is 0 Å². The molecule has 0 fully saturated rings. The lowest BCUT2D eigenvalue weighted by atomic mass is 10.2. The van der Waals surface area contributed by atoms with Crippen LogP contribution in [0.4, 0.5) is 16.1 Å².